The largest absolute Gasteiger partial charge is 0.313 e. The fraction of sp³-hybridized carbons (Fsp3) is 0.818. The molecule has 0 aromatic heterocycles. The summed E-state index contributed by atoms with van der Waals surface area (Å²) in [6.45, 7) is 6.39. The SMILES string of the molecule is C=CCC(C)NS(=O)(=O)CC1CCCCN1. The van der Waals surface area contributed by atoms with Crippen molar-refractivity contribution in [3.05, 3.63) is 12.7 Å². The third-order valence-corrected chi connectivity index (χ3v) is 4.34. The maximum atomic E-state index is 11.8. The van der Waals surface area contributed by atoms with Crippen molar-refractivity contribution in [2.24, 2.45) is 0 Å². The Labute approximate surface area is 98.6 Å². The van der Waals surface area contributed by atoms with Crippen molar-refractivity contribution >= 4 is 10.0 Å². The second kappa shape index (κ2) is 6.37. The van der Waals surface area contributed by atoms with E-state index in [-0.39, 0.29) is 17.8 Å². The van der Waals surface area contributed by atoms with Crippen LogP contribution in [-0.2, 0) is 10.0 Å². The molecule has 0 aliphatic carbocycles. The third-order valence-electron chi connectivity index (χ3n) is 2.73. The molecule has 16 heavy (non-hydrogen) atoms. The van der Waals surface area contributed by atoms with E-state index >= 15 is 0 Å². The van der Waals surface area contributed by atoms with Gasteiger partial charge in [-0.2, -0.15) is 0 Å². The highest BCUT2D eigenvalue weighted by Gasteiger charge is 2.21. The number of nitrogens with one attached hydrogen (secondary N) is 2. The van der Waals surface area contributed by atoms with E-state index in [2.05, 4.69) is 16.6 Å². The van der Waals surface area contributed by atoms with Crippen molar-refractivity contribution in [1.82, 2.24) is 10.0 Å². The van der Waals surface area contributed by atoms with Gasteiger partial charge in [-0.1, -0.05) is 12.5 Å². The summed E-state index contributed by atoms with van der Waals surface area (Å²) in [5, 5.41) is 3.24. The van der Waals surface area contributed by atoms with Crippen LogP contribution in [0.15, 0.2) is 12.7 Å². The molecule has 1 fully saturated rings. The molecule has 2 atom stereocenters. The van der Waals surface area contributed by atoms with E-state index in [0.717, 1.165) is 25.8 Å². The molecule has 5 heteroatoms. The second-order valence-electron chi connectivity index (χ2n) is 4.47. The van der Waals surface area contributed by atoms with Gasteiger partial charge in [0.15, 0.2) is 0 Å². The van der Waals surface area contributed by atoms with Gasteiger partial charge in [-0.15, -0.1) is 6.58 Å². The molecular formula is C11H22N2O2S. The summed E-state index contributed by atoms with van der Waals surface area (Å²) in [7, 11) is -3.16. The summed E-state index contributed by atoms with van der Waals surface area (Å²) in [4.78, 5) is 0. The van der Waals surface area contributed by atoms with Gasteiger partial charge in [0.25, 0.3) is 0 Å². The highest BCUT2D eigenvalue weighted by atomic mass is 32.2. The summed E-state index contributed by atoms with van der Waals surface area (Å²) in [5.41, 5.74) is 0. The van der Waals surface area contributed by atoms with Crippen LogP contribution in [0.4, 0.5) is 0 Å². The van der Waals surface area contributed by atoms with E-state index in [1.54, 1.807) is 6.08 Å². The predicted octanol–water partition coefficient (Wildman–Crippen LogP) is 1.01. The zero-order valence-electron chi connectivity index (χ0n) is 9.91. The first-order chi connectivity index (χ1) is 7.53. The van der Waals surface area contributed by atoms with Crippen molar-refractivity contribution < 1.29 is 8.42 Å². The second-order valence-corrected chi connectivity index (χ2v) is 6.27. The minimum absolute atomic E-state index is 0.0638. The van der Waals surface area contributed by atoms with Gasteiger partial charge in [0.1, 0.15) is 0 Å². The summed E-state index contributed by atoms with van der Waals surface area (Å²) in [6.07, 6.45) is 5.62. The fourth-order valence-electron chi connectivity index (χ4n) is 1.98. The van der Waals surface area contributed by atoms with Crippen molar-refractivity contribution in [2.45, 2.75) is 44.7 Å². The van der Waals surface area contributed by atoms with E-state index < -0.39 is 10.0 Å². The molecule has 1 aliphatic rings. The Balaban J connectivity index is 2.40. The van der Waals surface area contributed by atoms with E-state index in [1.165, 1.54) is 0 Å². The number of hydrogen-bond acceptors (Lipinski definition) is 3. The van der Waals surface area contributed by atoms with E-state index in [9.17, 15) is 8.42 Å². The Bertz CT molecular complexity index is 308. The predicted molar refractivity (Wildman–Crippen MR) is 66.8 cm³/mol. The molecule has 4 nitrogen and oxygen atoms in total. The number of sulfonamides is 1. The Morgan fingerprint density at radius 2 is 2.31 bits per heavy atom. The van der Waals surface area contributed by atoms with E-state index in [0.29, 0.717) is 6.42 Å². The molecule has 1 aliphatic heterocycles. The molecule has 2 unspecified atom stereocenters. The van der Waals surface area contributed by atoms with Crippen LogP contribution in [0.3, 0.4) is 0 Å². The third kappa shape index (κ3) is 5.09. The van der Waals surface area contributed by atoms with Crippen LogP contribution in [0.2, 0.25) is 0 Å². The van der Waals surface area contributed by atoms with Gasteiger partial charge in [-0.3, -0.25) is 0 Å². The molecule has 1 heterocycles. The van der Waals surface area contributed by atoms with Gasteiger partial charge in [0.05, 0.1) is 5.75 Å². The summed E-state index contributed by atoms with van der Waals surface area (Å²) >= 11 is 0. The van der Waals surface area contributed by atoms with Crippen molar-refractivity contribution in [3.63, 3.8) is 0 Å². The van der Waals surface area contributed by atoms with Crippen LogP contribution in [0.25, 0.3) is 0 Å². The fourth-order valence-corrected chi connectivity index (χ4v) is 3.60. The highest BCUT2D eigenvalue weighted by molar-refractivity contribution is 7.89. The topological polar surface area (TPSA) is 58.2 Å². The lowest BCUT2D eigenvalue weighted by Gasteiger charge is -2.24. The molecule has 94 valence electrons. The summed E-state index contributed by atoms with van der Waals surface area (Å²) < 4.78 is 26.3. The smallest absolute Gasteiger partial charge is 0.213 e. The van der Waals surface area contributed by atoms with Crippen LogP contribution in [-0.4, -0.2) is 32.8 Å². The summed E-state index contributed by atoms with van der Waals surface area (Å²) in [6, 6.07) is 0.0493. The Morgan fingerprint density at radius 3 is 2.88 bits per heavy atom. The normalized spacial score (nSPS) is 23.9. The minimum Gasteiger partial charge on any atom is -0.313 e. The first kappa shape index (κ1) is 13.7. The molecule has 0 saturated carbocycles. The maximum Gasteiger partial charge on any atom is 0.213 e. The van der Waals surface area contributed by atoms with E-state index in [1.807, 2.05) is 6.92 Å². The van der Waals surface area contributed by atoms with Gasteiger partial charge >= 0.3 is 0 Å². The van der Waals surface area contributed by atoms with Crippen LogP contribution >= 0.6 is 0 Å². The van der Waals surface area contributed by atoms with Crippen LogP contribution < -0.4 is 10.0 Å². The molecule has 2 N–H and O–H groups in total. The quantitative estimate of drug-likeness (QED) is 0.688. The number of piperidine rings is 1. The van der Waals surface area contributed by atoms with E-state index in [4.69, 9.17) is 0 Å². The molecule has 0 aromatic carbocycles. The van der Waals surface area contributed by atoms with Gasteiger partial charge in [0, 0.05) is 12.1 Å². The molecule has 1 rings (SSSR count). The monoisotopic (exact) mass is 246 g/mol. The van der Waals surface area contributed by atoms with Crippen LogP contribution in [0.5, 0.6) is 0 Å². The Kier molecular flexibility index (Phi) is 5.44. The number of hydrogen-bond donors (Lipinski definition) is 2. The molecule has 1 saturated heterocycles. The summed E-state index contributed by atoms with van der Waals surface area (Å²) in [5.74, 6) is 0.189. The van der Waals surface area contributed by atoms with Gasteiger partial charge in [-0.25, -0.2) is 13.1 Å². The zero-order chi connectivity index (χ0) is 12.0. The van der Waals surface area contributed by atoms with Crippen LogP contribution in [0, 0.1) is 0 Å². The maximum absolute atomic E-state index is 11.8. The lowest BCUT2D eigenvalue weighted by molar-refractivity contribution is 0.421. The zero-order valence-corrected chi connectivity index (χ0v) is 10.7. The average Bonchev–Trinajstić information content (AvgIpc) is 2.17. The average molecular weight is 246 g/mol. The van der Waals surface area contributed by atoms with Gasteiger partial charge < -0.3 is 5.32 Å². The molecule has 0 bridgehead atoms. The molecule has 0 amide bonds. The first-order valence-electron chi connectivity index (χ1n) is 5.88. The van der Waals surface area contributed by atoms with Crippen LogP contribution in [0.1, 0.15) is 32.6 Å². The molecule has 0 spiro atoms. The molecular weight excluding hydrogens is 224 g/mol. The van der Waals surface area contributed by atoms with Gasteiger partial charge in [0.2, 0.25) is 10.0 Å². The number of rotatable bonds is 6. The standard InChI is InChI=1S/C11H22N2O2S/c1-3-6-10(2)13-16(14,15)9-11-7-4-5-8-12-11/h3,10-13H,1,4-9H2,2H3. The first-order valence-corrected chi connectivity index (χ1v) is 7.53. The lowest BCUT2D eigenvalue weighted by Crippen LogP contribution is -2.44. The van der Waals surface area contributed by atoms with Crippen molar-refractivity contribution in [1.29, 1.82) is 0 Å². The van der Waals surface area contributed by atoms with Gasteiger partial charge in [-0.05, 0) is 32.7 Å². The Morgan fingerprint density at radius 1 is 1.56 bits per heavy atom. The minimum atomic E-state index is -3.16. The molecule has 0 radical (unpaired) electrons. The molecule has 0 aromatic rings. The van der Waals surface area contributed by atoms with Crippen molar-refractivity contribution in [3.8, 4) is 0 Å². The van der Waals surface area contributed by atoms with Crippen molar-refractivity contribution in [2.75, 3.05) is 12.3 Å². The Hall–Kier alpha value is -0.390. The highest BCUT2D eigenvalue weighted by Crippen LogP contribution is 2.09. The lowest BCUT2D eigenvalue weighted by atomic mass is 10.1.